The minimum absolute atomic E-state index is 0.0105. The van der Waals surface area contributed by atoms with Crippen molar-refractivity contribution in [3.05, 3.63) is 59.7 Å². The van der Waals surface area contributed by atoms with Crippen LogP contribution in [0, 0.1) is 0 Å². The zero-order valence-electron chi connectivity index (χ0n) is 18.8. The summed E-state index contributed by atoms with van der Waals surface area (Å²) < 4.78 is 5.59. The Morgan fingerprint density at radius 1 is 1.06 bits per heavy atom. The van der Waals surface area contributed by atoms with Crippen molar-refractivity contribution < 1.29 is 24.2 Å². The molecule has 0 spiro atoms. The number of amides is 2. The fourth-order valence-corrected chi connectivity index (χ4v) is 4.74. The van der Waals surface area contributed by atoms with Crippen LogP contribution < -0.4 is 10.6 Å². The van der Waals surface area contributed by atoms with Crippen LogP contribution in [0.25, 0.3) is 11.1 Å². The summed E-state index contributed by atoms with van der Waals surface area (Å²) in [7, 11) is 0. The van der Waals surface area contributed by atoms with Gasteiger partial charge in [0, 0.05) is 18.4 Å². The number of carboxylic acids is 1. The quantitative estimate of drug-likeness (QED) is 0.531. The Kier molecular flexibility index (Phi) is 6.67. The molecule has 0 aromatic heterocycles. The zero-order valence-corrected chi connectivity index (χ0v) is 18.8. The van der Waals surface area contributed by atoms with Crippen molar-refractivity contribution >= 4 is 18.0 Å². The maximum atomic E-state index is 12.5. The van der Waals surface area contributed by atoms with Gasteiger partial charge in [-0.1, -0.05) is 55.5 Å². The maximum Gasteiger partial charge on any atom is 0.407 e. The van der Waals surface area contributed by atoms with E-state index in [4.69, 9.17) is 4.74 Å². The van der Waals surface area contributed by atoms with Crippen LogP contribution in [-0.2, 0) is 14.3 Å². The summed E-state index contributed by atoms with van der Waals surface area (Å²) >= 11 is 0. The normalized spacial score (nSPS) is 16.6. The molecule has 1 atom stereocenters. The molecule has 1 unspecified atom stereocenters. The highest BCUT2D eigenvalue weighted by atomic mass is 16.5. The van der Waals surface area contributed by atoms with Gasteiger partial charge in [0.15, 0.2) is 0 Å². The lowest BCUT2D eigenvalue weighted by Crippen LogP contribution is -2.59. The van der Waals surface area contributed by atoms with E-state index in [2.05, 4.69) is 34.9 Å². The fourth-order valence-electron chi connectivity index (χ4n) is 4.74. The molecule has 2 aliphatic rings. The van der Waals surface area contributed by atoms with Crippen LogP contribution in [0.15, 0.2) is 48.5 Å². The van der Waals surface area contributed by atoms with Gasteiger partial charge in [0.25, 0.3) is 0 Å². The standard InChI is InChI=1S/C26H30N2O5/c1-2-17(12-13-23(29)28-26(24(30)31)14-7-15-26)27-25(32)33-16-22-20-10-5-3-8-18(20)19-9-4-6-11-21(19)22/h3-6,8-11,17,22H,2,7,12-16H2,1H3,(H,27,32)(H,28,29)(H,30,31). The fraction of sp³-hybridized carbons (Fsp3) is 0.423. The van der Waals surface area contributed by atoms with E-state index in [1.807, 2.05) is 31.2 Å². The summed E-state index contributed by atoms with van der Waals surface area (Å²) in [4.78, 5) is 36.2. The van der Waals surface area contributed by atoms with E-state index in [0.717, 1.165) is 17.5 Å². The first-order valence-corrected chi connectivity index (χ1v) is 11.6. The lowest BCUT2D eigenvalue weighted by Gasteiger charge is -2.38. The van der Waals surface area contributed by atoms with Gasteiger partial charge >= 0.3 is 12.1 Å². The van der Waals surface area contributed by atoms with E-state index in [1.165, 1.54) is 11.1 Å². The molecular weight excluding hydrogens is 420 g/mol. The molecule has 174 valence electrons. The van der Waals surface area contributed by atoms with Crippen molar-refractivity contribution in [1.29, 1.82) is 0 Å². The highest BCUT2D eigenvalue weighted by molar-refractivity contribution is 5.87. The van der Waals surface area contributed by atoms with Crippen molar-refractivity contribution in [1.82, 2.24) is 10.6 Å². The second-order valence-electron chi connectivity index (χ2n) is 8.90. The van der Waals surface area contributed by atoms with Gasteiger partial charge in [0.1, 0.15) is 12.1 Å². The van der Waals surface area contributed by atoms with Crippen molar-refractivity contribution in [2.24, 2.45) is 0 Å². The van der Waals surface area contributed by atoms with Crippen LogP contribution in [-0.4, -0.2) is 41.3 Å². The Hall–Kier alpha value is -3.35. The molecule has 2 aromatic rings. The molecule has 0 saturated heterocycles. The van der Waals surface area contributed by atoms with Crippen molar-refractivity contribution in [2.45, 2.75) is 62.9 Å². The predicted molar refractivity (Wildman–Crippen MR) is 124 cm³/mol. The first kappa shape index (κ1) is 22.8. The average Bonchev–Trinajstić information content (AvgIpc) is 3.11. The van der Waals surface area contributed by atoms with E-state index in [1.54, 1.807) is 0 Å². The van der Waals surface area contributed by atoms with Crippen LogP contribution in [0.4, 0.5) is 4.79 Å². The van der Waals surface area contributed by atoms with E-state index < -0.39 is 17.6 Å². The first-order chi connectivity index (χ1) is 15.9. The maximum absolute atomic E-state index is 12.5. The number of benzene rings is 2. The number of hydrogen-bond acceptors (Lipinski definition) is 4. The van der Waals surface area contributed by atoms with Crippen LogP contribution in [0.3, 0.4) is 0 Å². The lowest BCUT2D eigenvalue weighted by molar-refractivity contribution is -0.151. The number of rotatable bonds is 9. The third kappa shape index (κ3) is 4.72. The lowest BCUT2D eigenvalue weighted by atomic mass is 9.76. The van der Waals surface area contributed by atoms with Gasteiger partial charge < -0.3 is 20.5 Å². The number of fused-ring (bicyclic) bond motifs is 3. The molecule has 4 rings (SSSR count). The van der Waals surface area contributed by atoms with Crippen molar-refractivity contribution in [2.75, 3.05) is 6.61 Å². The second kappa shape index (κ2) is 9.65. The monoisotopic (exact) mass is 450 g/mol. The van der Waals surface area contributed by atoms with E-state index in [9.17, 15) is 19.5 Å². The molecule has 33 heavy (non-hydrogen) atoms. The highest BCUT2D eigenvalue weighted by Crippen LogP contribution is 2.44. The third-order valence-electron chi connectivity index (χ3n) is 6.87. The summed E-state index contributed by atoms with van der Waals surface area (Å²) in [6.07, 6.45) is 2.42. The molecule has 7 nitrogen and oxygen atoms in total. The van der Waals surface area contributed by atoms with Gasteiger partial charge in [-0.2, -0.15) is 0 Å². The van der Waals surface area contributed by atoms with E-state index in [-0.39, 0.29) is 30.9 Å². The third-order valence-corrected chi connectivity index (χ3v) is 6.87. The number of hydrogen-bond donors (Lipinski definition) is 3. The summed E-state index contributed by atoms with van der Waals surface area (Å²) in [5, 5.41) is 14.9. The molecule has 3 N–H and O–H groups in total. The largest absolute Gasteiger partial charge is 0.480 e. The number of aliphatic carboxylic acids is 1. The number of alkyl carbamates (subject to hydrolysis) is 1. The minimum atomic E-state index is -1.11. The Morgan fingerprint density at radius 2 is 1.67 bits per heavy atom. The molecular formula is C26H30N2O5. The Labute approximate surface area is 193 Å². The number of carbonyl (C=O) groups is 3. The molecule has 2 aliphatic carbocycles. The summed E-state index contributed by atoms with van der Waals surface area (Å²) in [6, 6.07) is 16.1. The summed E-state index contributed by atoms with van der Waals surface area (Å²) in [5.74, 6) is -1.29. The van der Waals surface area contributed by atoms with Crippen molar-refractivity contribution in [3.63, 3.8) is 0 Å². The first-order valence-electron chi connectivity index (χ1n) is 11.6. The summed E-state index contributed by atoms with van der Waals surface area (Å²) in [5.41, 5.74) is 3.53. The molecule has 0 bridgehead atoms. The molecule has 1 fully saturated rings. The smallest absolute Gasteiger partial charge is 0.407 e. The molecule has 0 radical (unpaired) electrons. The number of carbonyl (C=O) groups excluding carboxylic acids is 2. The number of nitrogens with one attached hydrogen (secondary N) is 2. The van der Waals surface area contributed by atoms with Crippen LogP contribution in [0.2, 0.25) is 0 Å². The SMILES string of the molecule is CCC(CCC(=O)NC1(C(=O)O)CCC1)NC(=O)OCC1c2ccccc2-c2ccccc21. The molecule has 0 heterocycles. The summed E-state index contributed by atoms with van der Waals surface area (Å²) in [6.45, 7) is 2.16. The van der Waals surface area contributed by atoms with Crippen LogP contribution in [0.5, 0.6) is 0 Å². The minimum Gasteiger partial charge on any atom is -0.480 e. The van der Waals surface area contributed by atoms with Gasteiger partial charge in [-0.3, -0.25) is 4.79 Å². The highest BCUT2D eigenvalue weighted by Gasteiger charge is 2.45. The van der Waals surface area contributed by atoms with Gasteiger partial charge in [-0.05, 0) is 54.4 Å². The molecule has 2 amide bonds. The number of ether oxygens (including phenoxy) is 1. The Balaban J connectivity index is 1.28. The Morgan fingerprint density at radius 3 is 2.18 bits per heavy atom. The number of carboxylic acid groups (broad SMARTS) is 1. The predicted octanol–water partition coefficient (Wildman–Crippen LogP) is 4.21. The second-order valence-corrected chi connectivity index (χ2v) is 8.90. The van der Waals surface area contributed by atoms with Crippen LogP contribution >= 0.6 is 0 Å². The van der Waals surface area contributed by atoms with Gasteiger partial charge in [0.05, 0.1) is 0 Å². The van der Waals surface area contributed by atoms with Crippen molar-refractivity contribution in [3.8, 4) is 11.1 Å². The topological polar surface area (TPSA) is 105 Å². The average molecular weight is 451 g/mol. The molecule has 2 aromatic carbocycles. The Bertz CT molecular complexity index is 1000. The van der Waals surface area contributed by atoms with Crippen LogP contribution in [0.1, 0.15) is 62.5 Å². The van der Waals surface area contributed by atoms with E-state index >= 15 is 0 Å². The molecule has 0 aliphatic heterocycles. The van der Waals surface area contributed by atoms with E-state index in [0.29, 0.717) is 25.7 Å². The van der Waals surface area contributed by atoms with Gasteiger partial charge in [-0.25, -0.2) is 9.59 Å². The molecule has 1 saturated carbocycles. The van der Waals surface area contributed by atoms with Gasteiger partial charge in [-0.15, -0.1) is 0 Å². The zero-order chi connectivity index (χ0) is 23.4. The van der Waals surface area contributed by atoms with Gasteiger partial charge in [0.2, 0.25) is 5.91 Å². The molecule has 7 heteroatoms.